The normalized spacial score (nSPS) is 11.2. The Bertz CT molecular complexity index is 579. The molecule has 0 N–H and O–H groups in total. The van der Waals surface area contributed by atoms with Gasteiger partial charge in [0, 0.05) is 16.7 Å². The number of aryl methyl sites for hydroxylation is 1. The Labute approximate surface area is 116 Å². The van der Waals surface area contributed by atoms with Gasteiger partial charge in [-0.1, -0.05) is 59.3 Å². The third-order valence-electron chi connectivity index (χ3n) is 2.80. The molecule has 0 bridgehead atoms. The Hall–Kier alpha value is -2.23. The highest BCUT2D eigenvalue weighted by Gasteiger charge is 2.11. The van der Waals surface area contributed by atoms with E-state index in [4.69, 9.17) is 4.84 Å². The first-order chi connectivity index (χ1) is 9.66. The Balaban J connectivity index is 1.94. The van der Waals surface area contributed by atoms with Crippen LogP contribution in [-0.4, -0.2) is 6.21 Å². The van der Waals surface area contributed by atoms with Crippen molar-refractivity contribution in [3.8, 4) is 0 Å². The molecule has 2 rings (SSSR count). The maximum absolute atomic E-state index is 12.7. The molecule has 0 aliphatic rings. The predicted octanol–water partition coefficient (Wildman–Crippen LogP) is 4.36. The van der Waals surface area contributed by atoms with Gasteiger partial charge in [-0.15, -0.1) is 0 Å². The number of rotatable bonds is 5. The number of alkyl halides is 2. The SMILES string of the molecule is Cc1ccc(/[C]=N\OCc2ccccc2C(F)F)cc1. The van der Waals surface area contributed by atoms with E-state index in [9.17, 15) is 8.78 Å². The van der Waals surface area contributed by atoms with E-state index in [1.54, 1.807) is 18.2 Å². The molecule has 20 heavy (non-hydrogen) atoms. The molecule has 2 aromatic carbocycles. The summed E-state index contributed by atoms with van der Waals surface area (Å²) >= 11 is 0. The topological polar surface area (TPSA) is 21.6 Å². The van der Waals surface area contributed by atoms with Gasteiger partial charge in [-0.05, 0) is 6.92 Å². The summed E-state index contributed by atoms with van der Waals surface area (Å²) in [6.45, 7) is 1.98. The summed E-state index contributed by atoms with van der Waals surface area (Å²) in [5.41, 5.74) is 2.31. The molecule has 1 radical (unpaired) electrons. The van der Waals surface area contributed by atoms with Gasteiger partial charge < -0.3 is 4.84 Å². The van der Waals surface area contributed by atoms with Gasteiger partial charge in [0.25, 0.3) is 6.43 Å². The van der Waals surface area contributed by atoms with Crippen LogP contribution in [0.1, 0.15) is 28.7 Å². The zero-order valence-corrected chi connectivity index (χ0v) is 11.0. The van der Waals surface area contributed by atoms with Crippen molar-refractivity contribution in [2.75, 3.05) is 0 Å². The second kappa shape index (κ2) is 6.80. The van der Waals surface area contributed by atoms with Crippen LogP contribution in [0.3, 0.4) is 0 Å². The van der Waals surface area contributed by atoms with E-state index in [1.165, 1.54) is 6.07 Å². The Morgan fingerprint density at radius 2 is 1.80 bits per heavy atom. The molecule has 0 aromatic heterocycles. The molecule has 2 nitrogen and oxygen atoms in total. The van der Waals surface area contributed by atoms with Gasteiger partial charge in [0.1, 0.15) is 12.8 Å². The quantitative estimate of drug-likeness (QED) is 0.586. The third-order valence-corrected chi connectivity index (χ3v) is 2.80. The summed E-state index contributed by atoms with van der Waals surface area (Å²) in [5.74, 6) is 0. The standard InChI is InChI=1S/C16H14F2NO/c1-12-6-8-13(9-7-12)10-19-20-11-14-4-2-3-5-15(14)16(17)18/h2-9,16H,11H2,1H3. The first kappa shape index (κ1) is 14.2. The number of benzene rings is 2. The molecule has 103 valence electrons. The smallest absolute Gasteiger partial charge is 0.264 e. The summed E-state index contributed by atoms with van der Waals surface area (Å²) in [6, 6.07) is 13.8. The fraction of sp³-hybridized carbons (Fsp3) is 0.188. The molecular formula is C16H14F2NO. The lowest BCUT2D eigenvalue weighted by Gasteiger charge is -2.06. The van der Waals surface area contributed by atoms with Gasteiger partial charge in [-0.3, -0.25) is 0 Å². The van der Waals surface area contributed by atoms with E-state index in [2.05, 4.69) is 11.4 Å². The fourth-order valence-corrected chi connectivity index (χ4v) is 1.69. The van der Waals surface area contributed by atoms with Crippen LogP contribution in [0.4, 0.5) is 8.78 Å². The maximum atomic E-state index is 12.7. The van der Waals surface area contributed by atoms with Crippen LogP contribution >= 0.6 is 0 Å². The van der Waals surface area contributed by atoms with Crippen LogP contribution < -0.4 is 0 Å². The lowest BCUT2D eigenvalue weighted by Crippen LogP contribution is -1.95. The zero-order valence-electron chi connectivity index (χ0n) is 11.0. The van der Waals surface area contributed by atoms with Gasteiger partial charge in [0.2, 0.25) is 0 Å². The summed E-state index contributed by atoms with van der Waals surface area (Å²) < 4.78 is 25.5. The lowest BCUT2D eigenvalue weighted by atomic mass is 10.1. The largest absolute Gasteiger partial charge is 0.390 e. The van der Waals surface area contributed by atoms with Crippen molar-refractivity contribution < 1.29 is 13.6 Å². The highest BCUT2D eigenvalue weighted by molar-refractivity contribution is 5.79. The molecule has 0 amide bonds. The highest BCUT2D eigenvalue weighted by Crippen LogP contribution is 2.23. The van der Waals surface area contributed by atoms with Gasteiger partial charge >= 0.3 is 0 Å². The van der Waals surface area contributed by atoms with Crippen molar-refractivity contribution in [3.05, 3.63) is 70.8 Å². The monoisotopic (exact) mass is 274 g/mol. The average molecular weight is 274 g/mol. The highest BCUT2D eigenvalue weighted by atomic mass is 19.3. The van der Waals surface area contributed by atoms with Gasteiger partial charge in [-0.2, -0.15) is 0 Å². The van der Waals surface area contributed by atoms with E-state index in [0.29, 0.717) is 5.56 Å². The number of nitrogens with zero attached hydrogens (tertiary/aromatic N) is 1. The Morgan fingerprint density at radius 1 is 1.10 bits per heavy atom. The first-order valence-electron chi connectivity index (χ1n) is 6.17. The Morgan fingerprint density at radius 3 is 2.50 bits per heavy atom. The molecule has 0 saturated carbocycles. The van der Waals surface area contributed by atoms with Crippen LogP contribution in [-0.2, 0) is 11.4 Å². The Kier molecular flexibility index (Phi) is 4.82. The van der Waals surface area contributed by atoms with Gasteiger partial charge in [-0.25, -0.2) is 8.78 Å². The minimum atomic E-state index is -2.51. The molecule has 4 heteroatoms. The van der Waals surface area contributed by atoms with Gasteiger partial charge in [0.05, 0.1) is 0 Å². The second-order valence-corrected chi connectivity index (χ2v) is 4.34. The summed E-state index contributed by atoms with van der Waals surface area (Å²) in [7, 11) is 0. The van der Waals surface area contributed by atoms with Crippen molar-refractivity contribution >= 4 is 6.21 Å². The van der Waals surface area contributed by atoms with Crippen molar-refractivity contribution in [1.29, 1.82) is 0 Å². The molecule has 0 fully saturated rings. The maximum Gasteiger partial charge on any atom is 0.264 e. The molecule has 0 unspecified atom stereocenters. The fourth-order valence-electron chi connectivity index (χ4n) is 1.69. The minimum Gasteiger partial charge on any atom is -0.390 e. The molecule has 0 spiro atoms. The number of hydrogen-bond donors (Lipinski definition) is 0. The van der Waals surface area contributed by atoms with Crippen molar-refractivity contribution in [2.24, 2.45) is 5.16 Å². The molecule has 0 saturated heterocycles. The van der Waals surface area contributed by atoms with Crippen molar-refractivity contribution in [2.45, 2.75) is 20.0 Å². The van der Waals surface area contributed by atoms with Crippen LogP contribution in [0.5, 0.6) is 0 Å². The van der Waals surface area contributed by atoms with Crippen LogP contribution in [0.25, 0.3) is 0 Å². The van der Waals surface area contributed by atoms with E-state index in [1.807, 2.05) is 31.2 Å². The predicted molar refractivity (Wildman–Crippen MR) is 73.9 cm³/mol. The zero-order chi connectivity index (χ0) is 14.4. The van der Waals surface area contributed by atoms with E-state index < -0.39 is 6.43 Å². The van der Waals surface area contributed by atoms with E-state index in [-0.39, 0.29) is 12.2 Å². The summed E-state index contributed by atoms with van der Waals surface area (Å²) in [4.78, 5) is 5.03. The van der Waals surface area contributed by atoms with E-state index >= 15 is 0 Å². The molecular weight excluding hydrogens is 260 g/mol. The third kappa shape index (κ3) is 3.88. The summed E-state index contributed by atoms with van der Waals surface area (Å²) in [5, 5.41) is 3.67. The van der Waals surface area contributed by atoms with Crippen LogP contribution in [0.2, 0.25) is 0 Å². The van der Waals surface area contributed by atoms with E-state index in [0.717, 1.165) is 11.1 Å². The molecule has 0 aliphatic heterocycles. The molecule has 2 aromatic rings. The molecule has 0 atom stereocenters. The molecule has 0 aliphatic carbocycles. The van der Waals surface area contributed by atoms with Crippen LogP contribution in [0, 0.1) is 6.92 Å². The average Bonchev–Trinajstić information content (AvgIpc) is 2.46. The van der Waals surface area contributed by atoms with Crippen molar-refractivity contribution in [3.63, 3.8) is 0 Å². The minimum absolute atomic E-state index is 0.000620. The summed E-state index contributed by atoms with van der Waals surface area (Å²) in [6.07, 6.45) is 0.192. The first-order valence-corrected chi connectivity index (χ1v) is 6.17. The molecule has 0 heterocycles. The van der Waals surface area contributed by atoms with Crippen LogP contribution in [0.15, 0.2) is 53.7 Å². The second-order valence-electron chi connectivity index (χ2n) is 4.34. The van der Waals surface area contributed by atoms with Crippen molar-refractivity contribution in [1.82, 2.24) is 0 Å². The number of hydrogen-bond acceptors (Lipinski definition) is 2. The number of halogens is 2. The van der Waals surface area contributed by atoms with Gasteiger partial charge in [0.15, 0.2) is 0 Å². The lowest BCUT2D eigenvalue weighted by molar-refractivity contribution is 0.120.